The Morgan fingerprint density at radius 1 is 1.64 bits per heavy atom. The Balaban J connectivity index is 2.40. The molecule has 1 aliphatic rings. The molecule has 0 atom stereocenters. The average molecular weight is 155 g/mol. The zero-order chi connectivity index (χ0) is 8.32. The maximum atomic E-state index is 5.26. The number of hydrogen-bond acceptors (Lipinski definition) is 2. The van der Waals surface area contributed by atoms with Gasteiger partial charge in [-0.25, -0.2) is 0 Å². The zero-order valence-corrected chi connectivity index (χ0v) is 7.23. The summed E-state index contributed by atoms with van der Waals surface area (Å²) in [6.07, 6.45) is 3.76. The predicted molar refractivity (Wildman–Crippen MR) is 46.1 cm³/mol. The molecule has 2 nitrogen and oxygen atoms in total. The first-order chi connectivity index (χ1) is 5.21. The summed E-state index contributed by atoms with van der Waals surface area (Å²) in [5, 5.41) is 0. The van der Waals surface area contributed by atoms with Crippen LogP contribution in [0, 0.1) is 5.41 Å². The van der Waals surface area contributed by atoms with Gasteiger partial charge in [-0.2, -0.15) is 0 Å². The minimum absolute atomic E-state index is 0.277. The molecule has 0 aromatic rings. The molecule has 0 spiro atoms. The maximum Gasteiger partial charge on any atom is 0.0940 e. The van der Waals surface area contributed by atoms with E-state index in [1.54, 1.807) is 0 Å². The molecule has 64 valence electrons. The molecule has 1 saturated carbocycles. The summed E-state index contributed by atoms with van der Waals surface area (Å²) >= 11 is 0. The highest BCUT2D eigenvalue weighted by molar-refractivity contribution is 5.12. The molecule has 11 heavy (non-hydrogen) atoms. The third-order valence-electron chi connectivity index (χ3n) is 2.71. The first-order valence-electron chi connectivity index (χ1n) is 4.15. The summed E-state index contributed by atoms with van der Waals surface area (Å²) in [5.41, 5.74) is 6.79. The van der Waals surface area contributed by atoms with Crippen molar-refractivity contribution in [3.8, 4) is 0 Å². The van der Waals surface area contributed by atoms with E-state index >= 15 is 0 Å². The predicted octanol–water partition coefficient (Wildman–Crippen LogP) is 1.67. The zero-order valence-electron chi connectivity index (χ0n) is 7.23. The standard InChI is InChI=1S/C9H17NO/c1-8(2)9(4-3-5-9)6-11-7-10/h1,3-7,10H2,2H3. The van der Waals surface area contributed by atoms with Gasteiger partial charge in [-0.15, -0.1) is 0 Å². The quantitative estimate of drug-likeness (QED) is 0.495. The maximum absolute atomic E-state index is 5.26. The largest absolute Gasteiger partial charge is 0.366 e. The van der Waals surface area contributed by atoms with E-state index in [-0.39, 0.29) is 5.41 Å². The molecule has 1 fully saturated rings. The fourth-order valence-electron chi connectivity index (χ4n) is 1.55. The fraction of sp³-hybridized carbons (Fsp3) is 0.778. The lowest BCUT2D eigenvalue weighted by Gasteiger charge is -2.42. The van der Waals surface area contributed by atoms with Crippen molar-refractivity contribution in [2.75, 3.05) is 13.3 Å². The molecular weight excluding hydrogens is 138 g/mol. The molecular formula is C9H17NO. The Morgan fingerprint density at radius 2 is 2.27 bits per heavy atom. The van der Waals surface area contributed by atoms with Crippen LogP contribution < -0.4 is 5.73 Å². The lowest BCUT2D eigenvalue weighted by Crippen LogP contribution is -2.36. The van der Waals surface area contributed by atoms with E-state index in [4.69, 9.17) is 10.5 Å². The Morgan fingerprint density at radius 3 is 2.55 bits per heavy atom. The average Bonchev–Trinajstić information content (AvgIpc) is 1.85. The van der Waals surface area contributed by atoms with Crippen molar-refractivity contribution in [3.05, 3.63) is 12.2 Å². The summed E-state index contributed by atoms with van der Waals surface area (Å²) < 4.78 is 5.22. The highest BCUT2D eigenvalue weighted by Gasteiger charge is 2.37. The van der Waals surface area contributed by atoms with E-state index in [9.17, 15) is 0 Å². The second-order valence-corrected chi connectivity index (χ2v) is 3.43. The van der Waals surface area contributed by atoms with Crippen LogP contribution in [0.15, 0.2) is 12.2 Å². The molecule has 0 bridgehead atoms. The summed E-state index contributed by atoms with van der Waals surface area (Å²) in [6.45, 7) is 7.15. The molecule has 0 unspecified atom stereocenters. The van der Waals surface area contributed by atoms with E-state index in [1.807, 2.05) is 0 Å². The van der Waals surface area contributed by atoms with Crippen molar-refractivity contribution in [2.45, 2.75) is 26.2 Å². The lowest BCUT2D eigenvalue weighted by molar-refractivity contribution is 0.0218. The minimum atomic E-state index is 0.277. The van der Waals surface area contributed by atoms with Crippen LogP contribution in [0.3, 0.4) is 0 Å². The molecule has 0 saturated heterocycles. The van der Waals surface area contributed by atoms with Crippen LogP contribution in [0.25, 0.3) is 0 Å². The molecule has 0 aliphatic heterocycles. The molecule has 0 radical (unpaired) electrons. The Bertz CT molecular complexity index is 150. The normalized spacial score (nSPS) is 20.9. The van der Waals surface area contributed by atoms with E-state index in [0.717, 1.165) is 6.61 Å². The van der Waals surface area contributed by atoms with Gasteiger partial charge < -0.3 is 10.5 Å². The van der Waals surface area contributed by atoms with Gasteiger partial charge in [-0.3, -0.25) is 0 Å². The SMILES string of the molecule is C=C(C)C1(COCN)CCC1. The van der Waals surface area contributed by atoms with Crippen LogP contribution in [0.5, 0.6) is 0 Å². The van der Waals surface area contributed by atoms with Crippen LogP contribution >= 0.6 is 0 Å². The van der Waals surface area contributed by atoms with Crippen molar-refractivity contribution in [2.24, 2.45) is 11.1 Å². The first kappa shape index (κ1) is 8.75. The van der Waals surface area contributed by atoms with Gasteiger partial charge in [0.15, 0.2) is 0 Å². The molecule has 1 aliphatic carbocycles. The highest BCUT2D eigenvalue weighted by atomic mass is 16.5. The number of ether oxygens (including phenoxy) is 1. The molecule has 1 rings (SSSR count). The molecule has 0 heterocycles. The van der Waals surface area contributed by atoms with Gasteiger partial charge >= 0.3 is 0 Å². The van der Waals surface area contributed by atoms with Crippen LogP contribution in [-0.2, 0) is 4.74 Å². The monoisotopic (exact) mass is 155 g/mol. The molecule has 2 heteroatoms. The van der Waals surface area contributed by atoms with E-state index in [2.05, 4.69) is 13.5 Å². The summed E-state index contributed by atoms with van der Waals surface area (Å²) in [4.78, 5) is 0. The van der Waals surface area contributed by atoms with Crippen LogP contribution in [0.4, 0.5) is 0 Å². The fourth-order valence-corrected chi connectivity index (χ4v) is 1.55. The molecule has 0 aromatic carbocycles. The third-order valence-corrected chi connectivity index (χ3v) is 2.71. The van der Waals surface area contributed by atoms with E-state index in [0.29, 0.717) is 6.73 Å². The van der Waals surface area contributed by atoms with Gasteiger partial charge in [0.25, 0.3) is 0 Å². The van der Waals surface area contributed by atoms with Gasteiger partial charge in [0.05, 0.1) is 13.3 Å². The Kier molecular flexibility index (Phi) is 2.68. The van der Waals surface area contributed by atoms with Gasteiger partial charge in [0.2, 0.25) is 0 Å². The minimum Gasteiger partial charge on any atom is -0.366 e. The second kappa shape index (κ2) is 3.37. The van der Waals surface area contributed by atoms with Crippen LogP contribution in [0.1, 0.15) is 26.2 Å². The summed E-state index contributed by atoms with van der Waals surface area (Å²) in [6, 6.07) is 0. The van der Waals surface area contributed by atoms with Crippen molar-refractivity contribution in [1.82, 2.24) is 0 Å². The molecule has 0 aromatic heterocycles. The summed E-state index contributed by atoms with van der Waals surface area (Å²) in [5.74, 6) is 0. The van der Waals surface area contributed by atoms with Gasteiger partial charge in [-0.05, 0) is 19.8 Å². The van der Waals surface area contributed by atoms with Crippen molar-refractivity contribution in [1.29, 1.82) is 0 Å². The number of rotatable bonds is 4. The van der Waals surface area contributed by atoms with E-state index < -0.39 is 0 Å². The van der Waals surface area contributed by atoms with E-state index in [1.165, 1.54) is 24.8 Å². The van der Waals surface area contributed by atoms with Crippen LogP contribution in [0.2, 0.25) is 0 Å². The van der Waals surface area contributed by atoms with Gasteiger partial charge in [-0.1, -0.05) is 18.6 Å². The van der Waals surface area contributed by atoms with Gasteiger partial charge in [0, 0.05) is 5.41 Å². The highest BCUT2D eigenvalue weighted by Crippen LogP contribution is 2.46. The van der Waals surface area contributed by atoms with Crippen LogP contribution in [-0.4, -0.2) is 13.3 Å². The smallest absolute Gasteiger partial charge is 0.0940 e. The third kappa shape index (κ3) is 1.63. The topological polar surface area (TPSA) is 35.2 Å². The van der Waals surface area contributed by atoms with Crippen molar-refractivity contribution < 1.29 is 4.74 Å². The molecule has 2 N–H and O–H groups in total. The van der Waals surface area contributed by atoms with Crippen molar-refractivity contribution in [3.63, 3.8) is 0 Å². The lowest BCUT2D eigenvalue weighted by atomic mass is 9.65. The Labute approximate surface area is 68.4 Å². The summed E-state index contributed by atoms with van der Waals surface area (Å²) in [7, 11) is 0. The second-order valence-electron chi connectivity index (χ2n) is 3.43. The first-order valence-corrected chi connectivity index (χ1v) is 4.15. The van der Waals surface area contributed by atoms with Crippen molar-refractivity contribution >= 4 is 0 Å². The van der Waals surface area contributed by atoms with Gasteiger partial charge in [0.1, 0.15) is 0 Å². The number of nitrogens with two attached hydrogens (primary N) is 1. The Hall–Kier alpha value is -0.340. The molecule has 0 amide bonds. The number of hydrogen-bond donors (Lipinski definition) is 1.